The van der Waals surface area contributed by atoms with Crippen molar-refractivity contribution in [2.24, 2.45) is 5.92 Å². The van der Waals surface area contributed by atoms with Crippen LogP contribution in [0.5, 0.6) is 0 Å². The maximum Gasteiger partial charge on any atom is 0.265 e. The number of hydrogen-bond donors (Lipinski definition) is 1. The fourth-order valence-corrected chi connectivity index (χ4v) is 2.88. The molecule has 0 amide bonds. The van der Waals surface area contributed by atoms with E-state index < -0.39 is 10.1 Å². The van der Waals surface area contributed by atoms with Crippen molar-refractivity contribution in [1.82, 2.24) is 4.98 Å². The Morgan fingerprint density at radius 3 is 2.94 bits per heavy atom. The minimum Gasteiger partial charge on any atom is -0.356 e. The van der Waals surface area contributed by atoms with Crippen molar-refractivity contribution in [3.63, 3.8) is 0 Å². The minimum absolute atomic E-state index is 0.00277. The van der Waals surface area contributed by atoms with Crippen molar-refractivity contribution in [3.8, 4) is 0 Å². The van der Waals surface area contributed by atoms with Gasteiger partial charge in [0.2, 0.25) is 0 Å². The first-order valence-electron chi connectivity index (χ1n) is 5.16. The molecule has 0 aliphatic carbocycles. The summed E-state index contributed by atoms with van der Waals surface area (Å²) in [5.74, 6) is 0.702. The standard InChI is InChI=1S/C10H14N2O3S/c13-16(14,15)8-9-4-6-12(7-9)10-3-1-2-5-11-10/h1-3,5,9H,4,6-8H2,(H,13,14,15)/t9-/m1/s1. The molecule has 0 saturated carbocycles. The number of anilines is 1. The first-order chi connectivity index (χ1) is 7.54. The highest BCUT2D eigenvalue weighted by Gasteiger charge is 2.26. The molecule has 1 atom stereocenters. The number of rotatable bonds is 3. The number of aromatic nitrogens is 1. The molecule has 0 bridgehead atoms. The van der Waals surface area contributed by atoms with Gasteiger partial charge in [0.1, 0.15) is 5.82 Å². The Kier molecular flexibility index (Phi) is 3.11. The first-order valence-corrected chi connectivity index (χ1v) is 6.77. The fourth-order valence-electron chi connectivity index (χ4n) is 2.02. The second-order valence-electron chi connectivity index (χ2n) is 4.04. The minimum atomic E-state index is -3.86. The largest absolute Gasteiger partial charge is 0.356 e. The van der Waals surface area contributed by atoms with Crippen LogP contribution in [0.2, 0.25) is 0 Å². The lowest BCUT2D eigenvalue weighted by Gasteiger charge is -2.16. The van der Waals surface area contributed by atoms with Gasteiger partial charge in [0.15, 0.2) is 0 Å². The zero-order valence-corrected chi connectivity index (χ0v) is 9.60. The molecule has 0 aromatic carbocycles. The summed E-state index contributed by atoms with van der Waals surface area (Å²) < 4.78 is 30.3. The van der Waals surface area contributed by atoms with Gasteiger partial charge in [-0.25, -0.2) is 4.98 Å². The molecule has 2 heterocycles. The van der Waals surface area contributed by atoms with Crippen molar-refractivity contribution < 1.29 is 13.0 Å². The van der Waals surface area contributed by atoms with Crippen LogP contribution in [0, 0.1) is 5.92 Å². The van der Waals surface area contributed by atoms with Crippen LogP contribution in [0.25, 0.3) is 0 Å². The Morgan fingerprint density at radius 2 is 2.31 bits per heavy atom. The van der Waals surface area contributed by atoms with Crippen molar-refractivity contribution >= 4 is 15.9 Å². The Morgan fingerprint density at radius 1 is 1.50 bits per heavy atom. The molecule has 0 radical (unpaired) electrons. The predicted molar refractivity (Wildman–Crippen MR) is 61.0 cm³/mol. The zero-order valence-electron chi connectivity index (χ0n) is 8.78. The van der Waals surface area contributed by atoms with E-state index in [2.05, 4.69) is 4.98 Å². The van der Waals surface area contributed by atoms with Gasteiger partial charge in [-0.15, -0.1) is 0 Å². The van der Waals surface area contributed by atoms with Crippen LogP contribution in [0.4, 0.5) is 5.82 Å². The van der Waals surface area contributed by atoms with E-state index in [4.69, 9.17) is 4.55 Å². The molecule has 16 heavy (non-hydrogen) atoms. The molecular weight excluding hydrogens is 228 g/mol. The summed E-state index contributed by atoms with van der Waals surface area (Å²) in [5, 5.41) is 0. The summed E-state index contributed by atoms with van der Waals surface area (Å²) in [4.78, 5) is 6.24. The van der Waals surface area contributed by atoms with E-state index in [1.165, 1.54) is 0 Å². The Balaban J connectivity index is 1.99. The molecule has 1 aromatic rings. The van der Waals surface area contributed by atoms with Gasteiger partial charge >= 0.3 is 0 Å². The monoisotopic (exact) mass is 242 g/mol. The average molecular weight is 242 g/mol. The summed E-state index contributed by atoms with van der Waals surface area (Å²) in [6.07, 6.45) is 2.49. The molecule has 1 aromatic heterocycles. The molecule has 88 valence electrons. The zero-order chi connectivity index (χ0) is 11.6. The predicted octanol–water partition coefficient (Wildman–Crippen LogP) is 0.796. The third-order valence-electron chi connectivity index (χ3n) is 2.71. The summed E-state index contributed by atoms with van der Waals surface area (Å²) in [6, 6.07) is 5.64. The quantitative estimate of drug-likeness (QED) is 0.794. The van der Waals surface area contributed by atoms with Gasteiger partial charge in [-0.2, -0.15) is 8.42 Å². The smallest absolute Gasteiger partial charge is 0.265 e. The topological polar surface area (TPSA) is 70.5 Å². The van der Waals surface area contributed by atoms with Gasteiger partial charge in [-0.3, -0.25) is 4.55 Å². The van der Waals surface area contributed by atoms with E-state index in [1.807, 2.05) is 23.1 Å². The number of hydrogen-bond acceptors (Lipinski definition) is 4. The van der Waals surface area contributed by atoms with E-state index in [0.717, 1.165) is 18.8 Å². The van der Waals surface area contributed by atoms with Crippen LogP contribution < -0.4 is 4.90 Å². The molecular formula is C10H14N2O3S. The first kappa shape index (κ1) is 11.3. The van der Waals surface area contributed by atoms with Crippen LogP contribution in [0.1, 0.15) is 6.42 Å². The lowest BCUT2D eigenvalue weighted by molar-refractivity contribution is 0.469. The molecule has 1 fully saturated rings. The molecule has 6 heteroatoms. The van der Waals surface area contributed by atoms with E-state index in [9.17, 15) is 8.42 Å². The average Bonchev–Trinajstić information content (AvgIpc) is 2.65. The molecule has 5 nitrogen and oxygen atoms in total. The SMILES string of the molecule is O=S(=O)(O)C[C@@H]1CCN(c2ccccn2)C1. The lowest BCUT2D eigenvalue weighted by atomic mass is 10.2. The van der Waals surface area contributed by atoms with Crippen LogP contribution in [0.15, 0.2) is 24.4 Å². The van der Waals surface area contributed by atoms with E-state index in [1.54, 1.807) is 6.20 Å². The van der Waals surface area contributed by atoms with Gasteiger partial charge in [0.25, 0.3) is 10.1 Å². The number of nitrogens with zero attached hydrogens (tertiary/aromatic N) is 2. The molecule has 1 aliphatic rings. The van der Waals surface area contributed by atoms with Gasteiger partial charge in [0.05, 0.1) is 5.75 Å². The molecule has 0 spiro atoms. The maximum atomic E-state index is 10.8. The van der Waals surface area contributed by atoms with E-state index in [0.29, 0.717) is 6.54 Å². The van der Waals surface area contributed by atoms with Gasteiger partial charge in [-0.05, 0) is 24.5 Å². The third kappa shape index (κ3) is 2.93. The Bertz CT molecular complexity index is 446. The number of pyridine rings is 1. The Labute approximate surface area is 94.9 Å². The van der Waals surface area contributed by atoms with Crippen LogP contribution >= 0.6 is 0 Å². The van der Waals surface area contributed by atoms with Crippen LogP contribution in [-0.2, 0) is 10.1 Å². The Hall–Kier alpha value is -1.14. The highest BCUT2D eigenvalue weighted by Crippen LogP contribution is 2.22. The second kappa shape index (κ2) is 4.39. The molecule has 2 rings (SSSR count). The van der Waals surface area contributed by atoms with Crippen molar-refractivity contribution in [2.45, 2.75) is 6.42 Å². The molecule has 1 saturated heterocycles. The summed E-state index contributed by atoms with van der Waals surface area (Å²) in [5.41, 5.74) is 0. The summed E-state index contributed by atoms with van der Waals surface area (Å²) >= 11 is 0. The normalized spacial score (nSPS) is 21.3. The van der Waals surface area contributed by atoms with Gasteiger partial charge in [0, 0.05) is 19.3 Å². The molecule has 1 N–H and O–H groups in total. The fraction of sp³-hybridized carbons (Fsp3) is 0.500. The summed E-state index contributed by atoms with van der Waals surface area (Å²) in [6.45, 7) is 1.42. The van der Waals surface area contributed by atoms with E-state index in [-0.39, 0.29) is 11.7 Å². The second-order valence-corrected chi connectivity index (χ2v) is 5.53. The molecule has 1 aliphatic heterocycles. The van der Waals surface area contributed by atoms with Crippen LogP contribution in [-0.4, -0.2) is 36.8 Å². The van der Waals surface area contributed by atoms with Crippen molar-refractivity contribution in [1.29, 1.82) is 0 Å². The van der Waals surface area contributed by atoms with E-state index >= 15 is 0 Å². The summed E-state index contributed by atoms with van der Waals surface area (Å²) in [7, 11) is -3.86. The van der Waals surface area contributed by atoms with Gasteiger partial charge < -0.3 is 4.90 Å². The lowest BCUT2D eigenvalue weighted by Crippen LogP contribution is -2.23. The maximum absolute atomic E-state index is 10.8. The van der Waals surface area contributed by atoms with Crippen molar-refractivity contribution in [2.75, 3.05) is 23.7 Å². The molecule has 0 unspecified atom stereocenters. The van der Waals surface area contributed by atoms with Gasteiger partial charge in [-0.1, -0.05) is 6.07 Å². The third-order valence-corrected chi connectivity index (χ3v) is 3.60. The highest BCUT2D eigenvalue weighted by atomic mass is 32.2. The van der Waals surface area contributed by atoms with Crippen LogP contribution in [0.3, 0.4) is 0 Å². The highest BCUT2D eigenvalue weighted by molar-refractivity contribution is 7.85. The van der Waals surface area contributed by atoms with Crippen molar-refractivity contribution in [3.05, 3.63) is 24.4 Å².